The van der Waals surface area contributed by atoms with E-state index in [2.05, 4.69) is 15.3 Å². The molecule has 1 amide bonds. The number of aromatic nitrogens is 2. The molecule has 1 aromatic rings. The number of H-pyrrole nitrogens is 1. The van der Waals surface area contributed by atoms with Gasteiger partial charge in [0.25, 0.3) is 5.56 Å². The molecule has 6 nitrogen and oxygen atoms in total. The molecule has 0 aliphatic heterocycles. The van der Waals surface area contributed by atoms with Crippen molar-refractivity contribution in [2.24, 2.45) is 11.7 Å². The minimum Gasteiger partial charge on any atom is -0.368 e. The van der Waals surface area contributed by atoms with Gasteiger partial charge in [-0.2, -0.15) is 0 Å². The SMILES string of the molecule is CNC(CSc1nc(C)cc(=O)[nH]1)(C(N)=O)C1CC1. The van der Waals surface area contributed by atoms with E-state index in [-0.39, 0.29) is 17.4 Å². The number of likely N-dealkylation sites (N-methyl/N-ethyl adjacent to an activating group) is 1. The third-order valence-corrected chi connectivity index (χ3v) is 4.51. The van der Waals surface area contributed by atoms with Gasteiger partial charge in [0.05, 0.1) is 0 Å². The van der Waals surface area contributed by atoms with Crippen LogP contribution in [-0.4, -0.2) is 34.2 Å². The summed E-state index contributed by atoms with van der Waals surface area (Å²) in [4.78, 5) is 30.0. The summed E-state index contributed by atoms with van der Waals surface area (Å²) in [6, 6.07) is 1.43. The molecule has 0 spiro atoms. The van der Waals surface area contributed by atoms with E-state index < -0.39 is 5.54 Å². The lowest BCUT2D eigenvalue weighted by atomic mass is 9.95. The van der Waals surface area contributed by atoms with Crippen LogP contribution in [0.5, 0.6) is 0 Å². The number of primary amides is 1. The zero-order valence-electron chi connectivity index (χ0n) is 11.0. The maximum absolute atomic E-state index is 11.7. The Bertz CT molecular complexity index is 541. The molecule has 1 aromatic heterocycles. The number of rotatable bonds is 6. The normalized spacial score (nSPS) is 18.0. The third kappa shape index (κ3) is 2.98. The lowest BCUT2D eigenvalue weighted by Crippen LogP contribution is -2.57. The molecule has 0 saturated heterocycles. The molecule has 7 heteroatoms. The van der Waals surface area contributed by atoms with Crippen LogP contribution in [0.2, 0.25) is 0 Å². The fourth-order valence-corrected chi connectivity index (χ4v) is 3.44. The Hall–Kier alpha value is -1.34. The molecule has 0 radical (unpaired) electrons. The predicted molar refractivity (Wildman–Crippen MR) is 74.0 cm³/mol. The fourth-order valence-electron chi connectivity index (χ4n) is 2.17. The lowest BCUT2D eigenvalue weighted by Gasteiger charge is -2.29. The molecule has 0 bridgehead atoms. The van der Waals surface area contributed by atoms with E-state index in [1.54, 1.807) is 14.0 Å². The largest absolute Gasteiger partial charge is 0.368 e. The van der Waals surface area contributed by atoms with Crippen LogP contribution in [0.15, 0.2) is 16.0 Å². The molecule has 2 rings (SSSR count). The zero-order chi connectivity index (χ0) is 14.0. The molecule has 0 aromatic carbocycles. The number of hydrogen-bond donors (Lipinski definition) is 3. The number of thioether (sulfide) groups is 1. The van der Waals surface area contributed by atoms with Crippen LogP contribution in [0, 0.1) is 12.8 Å². The molecule has 1 saturated carbocycles. The van der Waals surface area contributed by atoms with Crippen LogP contribution in [0.25, 0.3) is 0 Å². The Balaban J connectivity index is 2.14. The highest BCUT2D eigenvalue weighted by atomic mass is 32.2. The molecular weight excluding hydrogens is 264 g/mol. The van der Waals surface area contributed by atoms with E-state index in [4.69, 9.17) is 5.73 Å². The van der Waals surface area contributed by atoms with Crippen molar-refractivity contribution in [1.82, 2.24) is 15.3 Å². The standard InChI is InChI=1S/C12H18N4O2S/c1-7-5-9(17)16-11(15-7)19-6-12(14-2,10(13)18)8-3-4-8/h5,8,14H,3-4,6H2,1-2H3,(H2,13,18)(H,15,16,17). The second-order valence-electron chi connectivity index (χ2n) is 4.84. The average Bonchev–Trinajstić information content (AvgIpc) is 3.13. The van der Waals surface area contributed by atoms with Crippen molar-refractivity contribution in [3.05, 3.63) is 22.1 Å². The number of hydrogen-bond acceptors (Lipinski definition) is 5. The van der Waals surface area contributed by atoms with Crippen LogP contribution < -0.4 is 16.6 Å². The average molecular weight is 282 g/mol. The summed E-state index contributed by atoms with van der Waals surface area (Å²) < 4.78 is 0. The summed E-state index contributed by atoms with van der Waals surface area (Å²) in [5.41, 5.74) is 5.30. The van der Waals surface area contributed by atoms with Gasteiger partial charge in [0, 0.05) is 17.5 Å². The first-order valence-electron chi connectivity index (χ1n) is 6.17. The van der Waals surface area contributed by atoms with Crippen molar-refractivity contribution in [3.63, 3.8) is 0 Å². The smallest absolute Gasteiger partial charge is 0.251 e. The van der Waals surface area contributed by atoms with Gasteiger partial charge in [-0.15, -0.1) is 0 Å². The van der Waals surface area contributed by atoms with Crippen LogP contribution in [0.3, 0.4) is 0 Å². The van der Waals surface area contributed by atoms with Crippen molar-refractivity contribution in [3.8, 4) is 0 Å². The van der Waals surface area contributed by atoms with Gasteiger partial charge in [-0.3, -0.25) is 9.59 Å². The van der Waals surface area contributed by atoms with Crippen LogP contribution in [0.1, 0.15) is 18.5 Å². The highest BCUT2D eigenvalue weighted by Gasteiger charge is 2.48. The van der Waals surface area contributed by atoms with Gasteiger partial charge in [0.15, 0.2) is 5.16 Å². The summed E-state index contributed by atoms with van der Waals surface area (Å²) in [5.74, 6) is 0.398. The Morgan fingerprint density at radius 2 is 2.37 bits per heavy atom. The van der Waals surface area contributed by atoms with Gasteiger partial charge in [-0.25, -0.2) is 4.98 Å². The van der Waals surface area contributed by atoms with Crippen molar-refractivity contribution in [2.45, 2.75) is 30.5 Å². The number of nitrogens with two attached hydrogens (primary N) is 1. The molecule has 104 valence electrons. The predicted octanol–water partition coefficient (Wildman–Crippen LogP) is 0.0239. The summed E-state index contributed by atoms with van der Waals surface area (Å²) in [7, 11) is 1.75. The van der Waals surface area contributed by atoms with Crippen LogP contribution >= 0.6 is 11.8 Å². The Morgan fingerprint density at radius 1 is 1.68 bits per heavy atom. The molecular formula is C12H18N4O2S. The van der Waals surface area contributed by atoms with Crippen molar-refractivity contribution in [2.75, 3.05) is 12.8 Å². The maximum Gasteiger partial charge on any atom is 0.251 e. The molecule has 1 unspecified atom stereocenters. The van der Waals surface area contributed by atoms with E-state index >= 15 is 0 Å². The highest BCUT2D eigenvalue weighted by Crippen LogP contribution is 2.41. The third-order valence-electron chi connectivity index (χ3n) is 3.44. The summed E-state index contributed by atoms with van der Waals surface area (Å²) >= 11 is 1.35. The fraction of sp³-hybridized carbons (Fsp3) is 0.583. The van der Waals surface area contributed by atoms with Gasteiger partial charge in [-0.05, 0) is 32.7 Å². The van der Waals surface area contributed by atoms with Crippen molar-refractivity contribution in [1.29, 1.82) is 0 Å². The number of nitrogens with one attached hydrogen (secondary N) is 2. The first-order chi connectivity index (χ1) is 8.98. The Morgan fingerprint density at radius 3 is 2.84 bits per heavy atom. The van der Waals surface area contributed by atoms with Crippen LogP contribution in [0.4, 0.5) is 0 Å². The number of amides is 1. The van der Waals surface area contributed by atoms with Gasteiger partial charge < -0.3 is 16.0 Å². The summed E-state index contributed by atoms with van der Waals surface area (Å²) in [5, 5.41) is 3.58. The Labute approximate surface area is 115 Å². The van der Waals surface area contributed by atoms with Crippen molar-refractivity contribution >= 4 is 17.7 Å². The number of carbonyl (C=O) groups is 1. The van der Waals surface area contributed by atoms with E-state index in [1.165, 1.54) is 17.8 Å². The van der Waals surface area contributed by atoms with Gasteiger partial charge >= 0.3 is 0 Å². The van der Waals surface area contributed by atoms with E-state index in [0.29, 0.717) is 16.6 Å². The molecule has 19 heavy (non-hydrogen) atoms. The van der Waals surface area contributed by atoms with E-state index in [9.17, 15) is 9.59 Å². The first-order valence-corrected chi connectivity index (χ1v) is 7.16. The highest BCUT2D eigenvalue weighted by molar-refractivity contribution is 7.99. The first kappa shape index (κ1) is 14.1. The molecule has 1 fully saturated rings. The summed E-state index contributed by atoms with van der Waals surface area (Å²) in [6.45, 7) is 1.76. The quantitative estimate of drug-likeness (QED) is 0.504. The lowest BCUT2D eigenvalue weighted by molar-refractivity contribution is -0.124. The van der Waals surface area contributed by atoms with E-state index in [1.807, 2.05) is 0 Å². The number of aryl methyl sites for hydroxylation is 1. The number of nitrogens with zero attached hydrogens (tertiary/aromatic N) is 1. The Kier molecular flexibility index (Phi) is 3.96. The molecule has 1 atom stereocenters. The molecule has 1 aliphatic carbocycles. The second kappa shape index (κ2) is 5.34. The van der Waals surface area contributed by atoms with Gasteiger partial charge in [-0.1, -0.05) is 11.8 Å². The van der Waals surface area contributed by atoms with E-state index in [0.717, 1.165) is 12.8 Å². The number of carbonyl (C=O) groups excluding carboxylic acids is 1. The maximum atomic E-state index is 11.7. The monoisotopic (exact) mass is 282 g/mol. The van der Waals surface area contributed by atoms with Gasteiger partial charge in [0.2, 0.25) is 5.91 Å². The second-order valence-corrected chi connectivity index (χ2v) is 5.80. The summed E-state index contributed by atoms with van der Waals surface area (Å²) in [6.07, 6.45) is 2.00. The molecule has 1 aliphatic rings. The van der Waals surface area contributed by atoms with Crippen molar-refractivity contribution < 1.29 is 4.79 Å². The molecule has 4 N–H and O–H groups in total. The minimum absolute atomic E-state index is 0.185. The number of aromatic amines is 1. The van der Waals surface area contributed by atoms with Gasteiger partial charge in [0.1, 0.15) is 5.54 Å². The minimum atomic E-state index is -0.715. The molecule has 1 heterocycles. The zero-order valence-corrected chi connectivity index (χ0v) is 11.8. The topological polar surface area (TPSA) is 101 Å². The van der Waals surface area contributed by atoms with Crippen LogP contribution in [-0.2, 0) is 4.79 Å².